The molecular weight excluding hydrogens is 254 g/mol. The van der Waals surface area contributed by atoms with Gasteiger partial charge in [-0.25, -0.2) is 0 Å². The molecule has 19 heavy (non-hydrogen) atoms. The van der Waals surface area contributed by atoms with E-state index in [1.54, 1.807) is 0 Å². The molecule has 0 bridgehead atoms. The monoisotopic (exact) mass is 275 g/mol. The van der Waals surface area contributed by atoms with Crippen LogP contribution in [-0.4, -0.2) is 4.98 Å². The Morgan fingerprint density at radius 2 is 1.74 bits per heavy atom. The Morgan fingerprint density at radius 1 is 1.00 bits per heavy atom. The number of hydrogen-bond donors (Lipinski definition) is 0. The molecule has 0 aliphatic carbocycles. The maximum absolute atomic E-state index is 6.44. The Kier molecular flexibility index (Phi) is 5.65. The molecule has 0 atom stereocenters. The van der Waals surface area contributed by atoms with Gasteiger partial charge in [-0.15, -0.1) is 0 Å². The SMILES string of the molecule is CCCCCCCCc1ncc2ccccc2c1Cl. The summed E-state index contributed by atoms with van der Waals surface area (Å²) in [6.07, 6.45) is 10.8. The molecule has 1 aromatic heterocycles. The molecule has 0 spiro atoms. The van der Waals surface area contributed by atoms with Crippen molar-refractivity contribution in [2.24, 2.45) is 0 Å². The fourth-order valence-corrected chi connectivity index (χ4v) is 2.73. The van der Waals surface area contributed by atoms with Crippen molar-refractivity contribution in [1.82, 2.24) is 4.98 Å². The molecule has 0 saturated heterocycles. The van der Waals surface area contributed by atoms with E-state index in [9.17, 15) is 0 Å². The predicted molar refractivity (Wildman–Crippen MR) is 83.8 cm³/mol. The zero-order valence-corrected chi connectivity index (χ0v) is 12.4. The lowest BCUT2D eigenvalue weighted by atomic mass is 10.1. The molecule has 0 saturated carbocycles. The molecule has 1 nitrogen and oxygen atoms in total. The Morgan fingerprint density at radius 3 is 2.58 bits per heavy atom. The molecule has 0 unspecified atom stereocenters. The maximum Gasteiger partial charge on any atom is 0.0699 e. The first-order chi connectivity index (χ1) is 9.33. The number of aryl methyl sites for hydroxylation is 1. The van der Waals surface area contributed by atoms with Crippen molar-refractivity contribution in [1.29, 1.82) is 0 Å². The molecule has 0 aliphatic rings. The zero-order chi connectivity index (χ0) is 13.5. The molecule has 0 amide bonds. The van der Waals surface area contributed by atoms with E-state index in [-0.39, 0.29) is 0 Å². The first kappa shape index (κ1) is 14.3. The van der Waals surface area contributed by atoms with Gasteiger partial charge in [-0.2, -0.15) is 0 Å². The van der Waals surface area contributed by atoms with Crippen molar-refractivity contribution in [3.05, 3.63) is 41.2 Å². The van der Waals surface area contributed by atoms with Gasteiger partial charge in [-0.3, -0.25) is 4.98 Å². The van der Waals surface area contributed by atoms with Gasteiger partial charge in [-0.1, -0.05) is 74.9 Å². The third kappa shape index (κ3) is 3.94. The van der Waals surface area contributed by atoms with Crippen LogP contribution in [0.25, 0.3) is 10.8 Å². The van der Waals surface area contributed by atoms with E-state index in [0.29, 0.717) is 0 Å². The van der Waals surface area contributed by atoms with Gasteiger partial charge < -0.3 is 0 Å². The van der Waals surface area contributed by atoms with Crippen LogP contribution in [0.5, 0.6) is 0 Å². The maximum atomic E-state index is 6.44. The van der Waals surface area contributed by atoms with Gasteiger partial charge in [0.1, 0.15) is 0 Å². The van der Waals surface area contributed by atoms with Crippen LogP contribution in [0.4, 0.5) is 0 Å². The van der Waals surface area contributed by atoms with Gasteiger partial charge in [0, 0.05) is 17.0 Å². The van der Waals surface area contributed by atoms with E-state index in [1.807, 2.05) is 18.3 Å². The molecule has 0 radical (unpaired) electrons. The topological polar surface area (TPSA) is 12.9 Å². The van der Waals surface area contributed by atoms with E-state index in [1.165, 1.54) is 38.5 Å². The molecule has 1 aromatic carbocycles. The number of pyridine rings is 1. The van der Waals surface area contributed by atoms with Crippen LogP contribution in [0.1, 0.15) is 51.1 Å². The average Bonchev–Trinajstić information content (AvgIpc) is 2.45. The third-order valence-corrected chi connectivity index (χ3v) is 4.00. The van der Waals surface area contributed by atoms with Crippen molar-refractivity contribution in [3.8, 4) is 0 Å². The number of rotatable bonds is 7. The van der Waals surface area contributed by atoms with Crippen LogP contribution >= 0.6 is 11.6 Å². The highest BCUT2D eigenvalue weighted by Gasteiger charge is 2.06. The first-order valence-electron chi connectivity index (χ1n) is 7.35. The molecule has 2 aromatic rings. The van der Waals surface area contributed by atoms with E-state index in [2.05, 4.69) is 24.0 Å². The summed E-state index contributed by atoms with van der Waals surface area (Å²) >= 11 is 6.44. The Hall–Kier alpha value is -1.08. The van der Waals surface area contributed by atoms with Crippen molar-refractivity contribution in [3.63, 3.8) is 0 Å². The largest absolute Gasteiger partial charge is 0.259 e. The number of halogens is 1. The molecule has 102 valence electrons. The minimum Gasteiger partial charge on any atom is -0.259 e. The molecular formula is C17H22ClN. The smallest absolute Gasteiger partial charge is 0.0699 e. The number of nitrogens with zero attached hydrogens (tertiary/aromatic N) is 1. The highest BCUT2D eigenvalue weighted by atomic mass is 35.5. The number of unbranched alkanes of at least 4 members (excludes halogenated alkanes) is 5. The second-order valence-corrected chi connectivity index (χ2v) is 5.50. The number of fused-ring (bicyclic) bond motifs is 1. The molecule has 2 heteroatoms. The van der Waals surface area contributed by atoms with Crippen LogP contribution in [-0.2, 0) is 6.42 Å². The normalized spacial score (nSPS) is 11.1. The molecule has 1 heterocycles. The summed E-state index contributed by atoms with van der Waals surface area (Å²) in [7, 11) is 0. The standard InChI is InChI=1S/C17H22ClN/c1-2-3-4-5-6-7-12-16-17(18)15-11-9-8-10-14(15)13-19-16/h8-11,13H,2-7,12H2,1H3. The Bertz CT molecular complexity index is 522. The zero-order valence-electron chi connectivity index (χ0n) is 11.7. The summed E-state index contributed by atoms with van der Waals surface area (Å²) in [6, 6.07) is 8.18. The Labute approximate surface area is 121 Å². The van der Waals surface area contributed by atoms with Crippen LogP contribution in [0.3, 0.4) is 0 Å². The quantitative estimate of drug-likeness (QED) is 0.583. The lowest BCUT2D eigenvalue weighted by Gasteiger charge is -2.06. The van der Waals surface area contributed by atoms with E-state index in [0.717, 1.165) is 27.9 Å². The molecule has 0 N–H and O–H groups in total. The molecule has 2 rings (SSSR count). The lowest BCUT2D eigenvalue weighted by molar-refractivity contribution is 0.605. The number of aromatic nitrogens is 1. The van der Waals surface area contributed by atoms with Crippen LogP contribution in [0, 0.1) is 0 Å². The summed E-state index contributed by atoms with van der Waals surface area (Å²) in [5, 5.41) is 3.09. The van der Waals surface area contributed by atoms with Crippen molar-refractivity contribution >= 4 is 22.4 Å². The average molecular weight is 276 g/mol. The summed E-state index contributed by atoms with van der Waals surface area (Å²) in [5.41, 5.74) is 1.05. The second kappa shape index (κ2) is 7.49. The van der Waals surface area contributed by atoms with Gasteiger partial charge in [0.05, 0.1) is 10.7 Å². The predicted octanol–water partition coefficient (Wildman–Crippen LogP) is 5.79. The summed E-state index contributed by atoms with van der Waals surface area (Å²) < 4.78 is 0. The summed E-state index contributed by atoms with van der Waals surface area (Å²) in [5.74, 6) is 0. The van der Waals surface area contributed by atoms with Gasteiger partial charge in [0.25, 0.3) is 0 Å². The Balaban J connectivity index is 1.92. The lowest BCUT2D eigenvalue weighted by Crippen LogP contribution is -1.93. The van der Waals surface area contributed by atoms with Crippen LogP contribution < -0.4 is 0 Å². The minimum atomic E-state index is 0.839. The van der Waals surface area contributed by atoms with Crippen LogP contribution in [0.15, 0.2) is 30.5 Å². The van der Waals surface area contributed by atoms with Gasteiger partial charge >= 0.3 is 0 Å². The van der Waals surface area contributed by atoms with E-state index >= 15 is 0 Å². The fourth-order valence-electron chi connectivity index (χ4n) is 2.42. The summed E-state index contributed by atoms with van der Waals surface area (Å²) in [4.78, 5) is 4.51. The number of hydrogen-bond acceptors (Lipinski definition) is 1. The third-order valence-electron chi connectivity index (χ3n) is 3.58. The molecule has 0 aliphatic heterocycles. The highest BCUT2D eigenvalue weighted by Crippen LogP contribution is 2.26. The van der Waals surface area contributed by atoms with Gasteiger partial charge in [0.2, 0.25) is 0 Å². The van der Waals surface area contributed by atoms with Crippen molar-refractivity contribution in [2.75, 3.05) is 0 Å². The summed E-state index contributed by atoms with van der Waals surface area (Å²) in [6.45, 7) is 2.25. The van der Waals surface area contributed by atoms with Crippen LogP contribution in [0.2, 0.25) is 5.02 Å². The van der Waals surface area contributed by atoms with Crippen molar-refractivity contribution < 1.29 is 0 Å². The van der Waals surface area contributed by atoms with E-state index < -0.39 is 0 Å². The molecule has 0 fully saturated rings. The van der Waals surface area contributed by atoms with Gasteiger partial charge in [0.15, 0.2) is 0 Å². The second-order valence-electron chi connectivity index (χ2n) is 5.12. The number of benzene rings is 1. The van der Waals surface area contributed by atoms with E-state index in [4.69, 9.17) is 11.6 Å². The first-order valence-corrected chi connectivity index (χ1v) is 7.73. The highest BCUT2D eigenvalue weighted by molar-refractivity contribution is 6.36. The van der Waals surface area contributed by atoms with Gasteiger partial charge in [-0.05, 0) is 12.8 Å². The fraction of sp³-hybridized carbons (Fsp3) is 0.471. The minimum absolute atomic E-state index is 0.839. The van der Waals surface area contributed by atoms with Crippen molar-refractivity contribution in [2.45, 2.75) is 51.9 Å².